The molecular weight excluding hydrogens is 480 g/mol. The van der Waals surface area contributed by atoms with Gasteiger partial charge in [-0.25, -0.2) is 0 Å². The van der Waals surface area contributed by atoms with E-state index in [2.05, 4.69) is 0 Å². The lowest BCUT2D eigenvalue weighted by atomic mass is 9.87. The van der Waals surface area contributed by atoms with Gasteiger partial charge < -0.3 is 9.47 Å². The van der Waals surface area contributed by atoms with Crippen LogP contribution in [0.2, 0.25) is 0 Å². The van der Waals surface area contributed by atoms with Gasteiger partial charge in [0.15, 0.2) is 0 Å². The van der Waals surface area contributed by atoms with Crippen molar-refractivity contribution in [1.82, 2.24) is 3.96 Å². The Morgan fingerprint density at radius 2 is 1.54 bits per heavy atom. The normalized spacial score (nSPS) is 15.1. The van der Waals surface area contributed by atoms with E-state index < -0.39 is 17.2 Å². The number of amides is 1. The second-order valence-corrected chi connectivity index (χ2v) is 10.2. The van der Waals surface area contributed by atoms with Gasteiger partial charge in [0.2, 0.25) is 0 Å². The number of carbonyl (C=O) groups excluding carboxylic acids is 2. The monoisotopic (exact) mass is 500 g/mol. The van der Waals surface area contributed by atoms with E-state index in [1.807, 2.05) is 78.5 Å². The third-order valence-electron chi connectivity index (χ3n) is 6.43. The third-order valence-corrected chi connectivity index (χ3v) is 8.39. The number of nitrogens with zero attached hydrogens (tertiary/aromatic N) is 2. The summed E-state index contributed by atoms with van der Waals surface area (Å²) in [6, 6.07) is 20.8. The van der Waals surface area contributed by atoms with E-state index in [1.165, 1.54) is 11.5 Å². The highest BCUT2D eigenvalue weighted by atomic mass is 32.1. The van der Waals surface area contributed by atoms with Gasteiger partial charge in [-0.1, -0.05) is 41.9 Å². The zero-order chi connectivity index (χ0) is 24.5. The molecule has 3 aromatic carbocycles. The van der Waals surface area contributed by atoms with Crippen LogP contribution in [0.3, 0.4) is 0 Å². The summed E-state index contributed by atoms with van der Waals surface area (Å²) in [6.07, 6.45) is 0. The number of ether oxygens (including phenoxy) is 2. The van der Waals surface area contributed by atoms with Crippen LogP contribution in [-0.4, -0.2) is 22.8 Å². The van der Waals surface area contributed by atoms with E-state index in [-0.39, 0.29) is 0 Å². The Bertz CT molecular complexity index is 1580. The predicted molar refractivity (Wildman–Crippen MR) is 138 cm³/mol. The van der Waals surface area contributed by atoms with Crippen molar-refractivity contribution in [2.75, 3.05) is 12.0 Å². The van der Waals surface area contributed by atoms with Gasteiger partial charge in [-0.3, -0.25) is 18.4 Å². The fourth-order valence-electron chi connectivity index (χ4n) is 4.76. The Hall–Kier alpha value is -3.75. The summed E-state index contributed by atoms with van der Waals surface area (Å²) in [6.45, 7) is 3.90. The van der Waals surface area contributed by atoms with Gasteiger partial charge in [0, 0.05) is 11.1 Å². The summed E-state index contributed by atoms with van der Waals surface area (Å²) in [5.41, 5.74) is 2.72. The van der Waals surface area contributed by atoms with E-state index in [4.69, 9.17) is 21.7 Å². The van der Waals surface area contributed by atoms with Crippen LogP contribution in [0.15, 0.2) is 66.7 Å². The zero-order valence-corrected chi connectivity index (χ0v) is 20.8. The molecule has 4 aromatic rings. The molecule has 8 heteroatoms. The number of anilines is 1. The third kappa shape index (κ3) is 3.10. The maximum atomic E-state index is 13.0. The van der Waals surface area contributed by atoms with Crippen molar-refractivity contribution in [3.63, 3.8) is 0 Å². The molecule has 0 saturated carbocycles. The number of hydrogen-bond acceptors (Lipinski definition) is 6. The summed E-state index contributed by atoms with van der Waals surface area (Å²) in [7, 11) is 1.54. The molecular formula is C27H20N2O4S2. The van der Waals surface area contributed by atoms with Crippen LogP contribution in [-0.2, 0) is 10.3 Å². The molecule has 35 heavy (non-hydrogen) atoms. The Kier molecular flexibility index (Phi) is 4.74. The molecule has 0 radical (unpaired) electrons. The van der Waals surface area contributed by atoms with Crippen molar-refractivity contribution in [3.8, 4) is 34.1 Å². The lowest BCUT2D eigenvalue weighted by Crippen LogP contribution is -2.46. The average molecular weight is 501 g/mol. The maximum Gasteiger partial charge on any atom is 0.300 e. The van der Waals surface area contributed by atoms with Gasteiger partial charge in [0.1, 0.15) is 21.9 Å². The van der Waals surface area contributed by atoms with Crippen molar-refractivity contribution < 1.29 is 19.1 Å². The number of ketones is 1. The maximum absolute atomic E-state index is 13.0. The summed E-state index contributed by atoms with van der Waals surface area (Å²) in [4.78, 5) is 28.4. The second-order valence-electron chi connectivity index (χ2n) is 8.90. The first kappa shape index (κ1) is 21.8. The number of Topliss-reactive ketones (excluding diaryl/α,β-unsaturated/α-hetero) is 1. The fourth-order valence-corrected chi connectivity index (χ4v) is 6.45. The molecule has 0 atom stereocenters. The molecule has 0 saturated heterocycles. The molecule has 0 aliphatic carbocycles. The molecule has 3 heterocycles. The number of aromatic nitrogens is 1. The van der Waals surface area contributed by atoms with Crippen LogP contribution < -0.4 is 14.4 Å². The van der Waals surface area contributed by atoms with Crippen LogP contribution in [0.25, 0.3) is 16.8 Å². The molecule has 1 amide bonds. The van der Waals surface area contributed by atoms with Gasteiger partial charge in [-0.2, -0.15) is 0 Å². The van der Waals surface area contributed by atoms with Crippen molar-refractivity contribution in [2.45, 2.75) is 19.4 Å². The second kappa shape index (κ2) is 7.63. The average Bonchev–Trinajstić information content (AvgIpc) is 3.34. The van der Waals surface area contributed by atoms with Crippen molar-refractivity contribution >= 4 is 41.1 Å². The Morgan fingerprint density at radius 3 is 2.23 bits per heavy atom. The van der Waals surface area contributed by atoms with Gasteiger partial charge >= 0.3 is 0 Å². The zero-order valence-electron chi connectivity index (χ0n) is 19.2. The highest BCUT2D eigenvalue weighted by molar-refractivity contribution is 7.71. The highest BCUT2D eigenvalue weighted by Gasteiger charge is 2.51. The molecule has 0 N–H and O–H groups in total. The smallest absolute Gasteiger partial charge is 0.300 e. The van der Waals surface area contributed by atoms with Crippen LogP contribution in [0.5, 0.6) is 17.2 Å². The van der Waals surface area contributed by atoms with E-state index in [0.717, 1.165) is 33.2 Å². The van der Waals surface area contributed by atoms with E-state index >= 15 is 0 Å². The predicted octanol–water partition coefficient (Wildman–Crippen LogP) is 6.51. The number of para-hydroxylation sites is 1. The molecule has 6 nitrogen and oxygen atoms in total. The van der Waals surface area contributed by atoms with Crippen LogP contribution in [0.4, 0.5) is 5.69 Å². The number of carbonyl (C=O) groups is 2. The number of methoxy groups -OCH3 is 1. The molecule has 2 aliphatic rings. The van der Waals surface area contributed by atoms with E-state index in [9.17, 15) is 9.59 Å². The summed E-state index contributed by atoms with van der Waals surface area (Å²) >= 11 is 7.44. The lowest BCUT2D eigenvalue weighted by molar-refractivity contribution is -0.115. The quantitative estimate of drug-likeness (QED) is 0.236. The topological polar surface area (TPSA) is 60.8 Å². The first-order valence-electron chi connectivity index (χ1n) is 11.0. The van der Waals surface area contributed by atoms with Crippen molar-refractivity contribution in [3.05, 3.63) is 81.8 Å². The van der Waals surface area contributed by atoms with Crippen LogP contribution in [0, 0.1) is 4.64 Å². The molecule has 174 valence electrons. The van der Waals surface area contributed by atoms with Crippen molar-refractivity contribution in [2.24, 2.45) is 0 Å². The van der Waals surface area contributed by atoms with Gasteiger partial charge in [-0.15, -0.1) is 0 Å². The van der Waals surface area contributed by atoms with Crippen molar-refractivity contribution in [1.29, 1.82) is 0 Å². The Morgan fingerprint density at radius 1 is 0.886 bits per heavy atom. The minimum atomic E-state index is -0.741. The fraction of sp³-hybridized carbons (Fsp3) is 0.148. The largest absolute Gasteiger partial charge is 0.497 e. The molecule has 0 bridgehead atoms. The first-order valence-corrected chi connectivity index (χ1v) is 12.2. The van der Waals surface area contributed by atoms with Gasteiger partial charge in [0.05, 0.1) is 34.5 Å². The number of hydrogen-bond donors (Lipinski definition) is 0. The molecule has 0 spiro atoms. The molecule has 0 fully saturated rings. The van der Waals surface area contributed by atoms with E-state index in [1.54, 1.807) is 18.1 Å². The summed E-state index contributed by atoms with van der Waals surface area (Å²) in [5.74, 6) is 0.953. The van der Waals surface area contributed by atoms with E-state index in [0.29, 0.717) is 21.6 Å². The minimum Gasteiger partial charge on any atom is -0.497 e. The SMILES string of the molecule is COc1cc2c3c(c1)-c1c(sn(-c4ccc(Oc5ccccc5)cc4)c1=S)C(C)(C)N3C(=O)C2=O. The lowest BCUT2D eigenvalue weighted by Gasteiger charge is -2.39. The molecule has 2 aliphatic heterocycles. The van der Waals surface area contributed by atoms with Gasteiger partial charge in [-0.05, 0) is 62.4 Å². The minimum absolute atomic E-state index is 0.359. The number of fused-ring (bicyclic) bond motifs is 2. The highest BCUT2D eigenvalue weighted by Crippen LogP contribution is 2.55. The summed E-state index contributed by atoms with van der Waals surface area (Å²) in [5, 5.41) is 0. The number of benzene rings is 3. The van der Waals surface area contributed by atoms with Crippen LogP contribution in [0.1, 0.15) is 29.1 Å². The van der Waals surface area contributed by atoms with Gasteiger partial charge in [0.25, 0.3) is 11.7 Å². The van der Waals surface area contributed by atoms with Crippen LogP contribution >= 0.6 is 23.8 Å². The number of rotatable bonds is 4. The summed E-state index contributed by atoms with van der Waals surface area (Å²) < 4.78 is 14.0. The molecule has 1 aromatic heterocycles. The Labute approximate surface area is 211 Å². The molecule has 6 rings (SSSR count). The standard InChI is InChI=1S/C27H20N2O4S2/c1-27(2)24-21(19-13-18(32-3)14-20-22(19)28(27)25(31)23(20)30)26(34)29(35-24)15-9-11-17(12-10-15)33-16-7-5-4-6-8-16/h4-14H,1-3H3. The Balaban J connectivity index is 1.49. The first-order chi connectivity index (χ1) is 16.8. The molecule has 0 unspecified atom stereocenters.